The van der Waals surface area contributed by atoms with Crippen LogP contribution in [0.15, 0.2) is 0 Å². The molecular weight excluding hydrogens is 222 g/mol. The third-order valence-corrected chi connectivity index (χ3v) is 5.69. The average Bonchev–Trinajstić information content (AvgIpc) is 3.02. The molecule has 0 aromatic heterocycles. The number of nitrogens with zero attached hydrogens (tertiary/aromatic N) is 2. The first-order chi connectivity index (χ1) is 8.73. The quantitative estimate of drug-likeness (QED) is 0.818. The van der Waals surface area contributed by atoms with Gasteiger partial charge in [-0.25, -0.2) is 0 Å². The minimum absolute atomic E-state index is 0.756. The lowest BCUT2D eigenvalue weighted by Gasteiger charge is -2.39. The minimum Gasteiger partial charge on any atom is -0.317 e. The van der Waals surface area contributed by atoms with Gasteiger partial charge in [0.05, 0.1) is 0 Å². The fraction of sp³-hybridized carbons (Fsp3) is 1.00. The number of piperidine rings is 1. The summed E-state index contributed by atoms with van der Waals surface area (Å²) in [6.07, 6.45) is 4.38. The van der Waals surface area contributed by atoms with Gasteiger partial charge in [0.2, 0.25) is 0 Å². The molecule has 3 fully saturated rings. The molecule has 3 aliphatic rings. The fourth-order valence-corrected chi connectivity index (χ4v) is 4.24. The topological polar surface area (TPSA) is 18.5 Å². The third-order valence-electron chi connectivity index (χ3n) is 5.69. The summed E-state index contributed by atoms with van der Waals surface area (Å²) in [6.45, 7) is 13.7. The zero-order valence-corrected chi connectivity index (χ0v) is 12.1. The van der Waals surface area contributed by atoms with Crippen LogP contribution in [0.25, 0.3) is 0 Å². The van der Waals surface area contributed by atoms with Crippen LogP contribution in [0.4, 0.5) is 0 Å². The van der Waals surface area contributed by atoms with E-state index in [4.69, 9.17) is 0 Å². The van der Waals surface area contributed by atoms with Gasteiger partial charge in [-0.2, -0.15) is 0 Å². The van der Waals surface area contributed by atoms with Crippen LogP contribution in [-0.2, 0) is 0 Å². The molecule has 18 heavy (non-hydrogen) atoms. The van der Waals surface area contributed by atoms with E-state index in [9.17, 15) is 0 Å². The van der Waals surface area contributed by atoms with Crippen molar-refractivity contribution in [3.05, 3.63) is 0 Å². The second-order valence-corrected chi connectivity index (χ2v) is 6.75. The molecule has 0 amide bonds. The van der Waals surface area contributed by atoms with E-state index in [0.717, 1.165) is 17.4 Å². The predicted octanol–water partition coefficient (Wildman–Crippen LogP) is 1.40. The Morgan fingerprint density at radius 1 is 1.22 bits per heavy atom. The third kappa shape index (κ3) is 2.45. The summed E-state index contributed by atoms with van der Waals surface area (Å²) in [7, 11) is 0. The van der Waals surface area contributed by atoms with Crippen molar-refractivity contribution in [2.45, 2.75) is 39.2 Å². The van der Waals surface area contributed by atoms with Gasteiger partial charge >= 0.3 is 0 Å². The predicted molar refractivity (Wildman–Crippen MR) is 75.8 cm³/mol. The van der Waals surface area contributed by atoms with Crippen molar-refractivity contribution >= 4 is 0 Å². The Labute approximate surface area is 112 Å². The van der Waals surface area contributed by atoms with Crippen LogP contribution in [0.3, 0.4) is 0 Å². The molecule has 2 saturated heterocycles. The van der Waals surface area contributed by atoms with Crippen LogP contribution in [0.5, 0.6) is 0 Å². The Kier molecular flexibility index (Phi) is 3.65. The average molecular weight is 251 g/mol. The van der Waals surface area contributed by atoms with Crippen LogP contribution < -0.4 is 5.32 Å². The summed E-state index contributed by atoms with van der Waals surface area (Å²) in [5, 5.41) is 3.50. The Bertz CT molecular complexity index is 285. The lowest BCUT2D eigenvalue weighted by Crippen LogP contribution is -2.52. The van der Waals surface area contributed by atoms with E-state index in [1.54, 1.807) is 0 Å². The summed E-state index contributed by atoms with van der Waals surface area (Å²) in [5.74, 6) is 1.01. The maximum absolute atomic E-state index is 3.50. The summed E-state index contributed by atoms with van der Waals surface area (Å²) in [4.78, 5) is 5.35. The van der Waals surface area contributed by atoms with Gasteiger partial charge in [-0.15, -0.1) is 0 Å². The Hall–Kier alpha value is -0.120. The monoisotopic (exact) mass is 251 g/mol. The highest BCUT2D eigenvalue weighted by Crippen LogP contribution is 2.58. The van der Waals surface area contributed by atoms with Gasteiger partial charge in [-0.05, 0) is 57.2 Å². The Morgan fingerprint density at radius 3 is 2.67 bits per heavy atom. The number of nitrogens with one attached hydrogen (secondary N) is 1. The summed E-state index contributed by atoms with van der Waals surface area (Å²) in [6, 6.07) is 0.756. The van der Waals surface area contributed by atoms with E-state index in [1.165, 1.54) is 65.1 Å². The smallest absolute Gasteiger partial charge is 0.0195 e. The molecule has 2 unspecified atom stereocenters. The fourth-order valence-electron chi connectivity index (χ4n) is 4.24. The second kappa shape index (κ2) is 5.10. The molecule has 0 radical (unpaired) electrons. The van der Waals surface area contributed by atoms with Gasteiger partial charge in [-0.3, -0.25) is 4.90 Å². The van der Waals surface area contributed by atoms with E-state index >= 15 is 0 Å². The minimum atomic E-state index is 0.756. The maximum atomic E-state index is 3.50. The van der Waals surface area contributed by atoms with Crippen molar-refractivity contribution in [1.29, 1.82) is 0 Å². The molecule has 2 atom stereocenters. The number of hydrogen-bond donors (Lipinski definition) is 1. The molecule has 3 heteroatoms. The van der Waals surface area contributed by atoms with Gasteiger partial charge in [-0.1, -0.05) is 6.92 Å². The number of hydrogen-bond acceptors (Lipinski definition) is 3. The van der Waals surface area contributed by atoms with E-state index in [-0.39, 0.29) is 0 Å². The number of likely N-dealkylation sites (N-methyl/N-ethyl adjacent to an activating group) is 1. The van der Waals surface area contributed by atoms with Gasteiger partial charge < -0.3 is 10.2 Å². The number of rotatable bonds is 3. The van der Waals surface area contributed by atoms with Crippen LogP contribution in [-0.4, -0.2) is 61.7 Å². The van der Waals surface area contributed by atoms with Gasteiger partial charge in [0, 0.05) is 32.2 Å². The normalized spacial score (nSPS) is 37.0. The highest BCUT2D eigenvalue weighted by molar-refractivity contribution is 5.05. The maximum Gasteiger partial charge on any atom is 0.0195 e. The van der Waals surface area contributed by atoms with Crippen molar-refractivity contribution in [1.82, 2.24) is 15.1 Å². The van der Waals surface area contributed by atoms with Crippen molar-refractivity contribution in [2.75, 3.05) is 45.8 Å². The van der Waals surface area contributed by atoms with Crippen LogP contribution in [0.2, 0.25) is 0 Å². The zero-order valence-electron chi connectivity index (χ0n) is 12.1. The lowest BCUT2D eigenvalue weighted by molar-refractivity contribution is 0.0807. The largest absolute Gasteiger partial charge is 0.317 e. The van der Waals surface area contributed by atoms with E-state index in [1.807, 2.05) is 0 Å². The second-order valence-electron chi connectivity index (χ2n) is 6.75. The van der Waals surface area contributed by atoms with Crippen LogP contribution in [0.1, 0.15) is 33.1 Å². The molecule has 3 rings (SSSR count). The molecule has 1 saturated carbocycles. The molecule has 2 heterocycles. The highest BCUT2D eigenvalue weighted by atomic mass is 15.3. The van der Waals surface area contributed by atoms with Gasteiger partial charge in [0.1, 0.15) is 0 Å². The molecule has 104 valence electrons. The van der Waals surface area contributed by atoms with E-state index < -0.39 is 0 Å². The number of piperazine rings is 1. The molecule has 1 N–H and O–H groups in total. The van der Waals surface area contributed by atoms with E-state index in [2.05, 4.69) is 29.0 Å². The van der Waals surface area contributed by atoms with Crippen molar-refractivity contribution in [3.63, 3.8) is 0 Å². The first kappa shape index (κ1) is 12.9. The summed E-state index contributed by atoms with van der Waals surface area (Å²) >= 11 is 0. The highest BCUT2D eigenvalue weighted by Gasteiger charge is 2.53. The Balaban J connectivity index is 1.47. The molecule has 2 aliphatic heterocycles. The van der Waals surface area contributed by atoms with Crippen molar-refractivity contribution in [3.8, 4) is 0 Å². The first-order valence-electron chi connectivity index (χ1n) is 7.90. The van der Waals surface area contributed by atoms with Crippen LogP contribution in [0, 0.1) is 11.3 Å². The SMILES string of the molecule is CCN1CCN(CC2CC23CCNCC3)CC1C. The molecule has 0 aromatic carbocycles. The summed E-state index contributed by atoms with van der Waals surface area (Å²) < 4.78 is 0. The molecule has 1 spiro atoms. The first-order valence-corrected chi connectivity index (χ1v) is 7.90. The summed E-state index contributed by atoms with van der Waals surface area (Å²) in [5.41, 5.74) is 0.760. The molecule has 0 bridgehead atoms. The van der Waals surface area contributed by atoms with Crippen molar-refractivity contribution in [2.24, 2.45) is 11.3 Å². The molecule has 3 nitrogen and oxygen atoms in total. The zero-order chi connectivity index (χ0) is 12.6. The molecular formula is C15H29N3. The van der Waals surface area contributed by atoms with Crippen molar-refractivity contribution < 1.29 is 0 Å². The van der Waals surface area contributed by atoms with Gasteiger partial charge in [0.25, 0.3) is 0 Å². The van der Waals surface area contributed by atoms with Gasteiger partial charge in [0.15, 0.2) is 0 Å². The lowest BCUT2D eigenvalue weighted by atomic mass is 9.91. The Morgan fingerprint density at radius 2 is 2.00 bits per heavy atom. The standard InChI is InChI=1S/C15H29N3/c1-3-18-9-8-17(11-13(18)2)12-14-10-15(14)4-6-16-7-5-15/h13-14,16H,3-12H2,1-2H3. The van der Waals surface area contributed by atoms with E-state index in [0.29, 0.717) is 0 Å². The molecule has 0 aromatic rings. The molecule has 1 aliphatic carbocycles. The van der Waals surface area contributed by atoms with Crippen LogP contribution >= 0.6 is 0 Å².